The van der Waals surface area contributed by atoms with E-state index < -0.39 is 0 Å². The Hall–Kier alpha value is -1.62. The van der Waals surface area contributed by atoms with Gasteiger partial charge < -0.3 is 15.5 Å². The van der Waals surface area contributed by atoms with Crippen LogP contribution in [0.25, 0.3) is 0 Å². The van der Waals surface area contributed by atoms with E-state index in [1.54, 1.807) is 6.20 Å². The number of amides is 1. The lowest BCUT2D eigenvalue weighted by molar-refractivity contribution is 0.0708. The van der Waals surface area contributed by atoms with Crippen LogP contribution in [0.1, 0.15) is 23.2 Å². The van der Waals surface area contributed by atoms with E-state index in [0.29, 0.717) is 12.1 Å². The van der Waals surface area contributed by atoms with E-state index in [0.717, 1.165) is 25.2 Å². The summed E-state index contributed by atoms with van der Waals surface area (Å²) < 4.78 is 0. The van der Waals surface area contributed by atoms with Crippen molar-refractivity contribution in [2.45, 2.75) is 18.9 Å². The van der Waals surface area contributed by atoms with E-state index in [9.17, 15) is 4.79 Å². The first-order chi connectivity index (χ1) is 8.58. The van der Waals surface area contributed by atoms with Gasteiger partial charge in [0, 0.05) is 39.4 Å². The van der Waals surface area contributed by atoms with Gasteiger partial charge in [-0.3, -0.25) is 4.79 Å². The summed E-state index contributed by atoms with van der Waals surface area (Å²) in [5.41, 5.74) is 6.52. The van der Waals surface area contributed by atoms with Crippen molar-refractivity contribution in [2.24, 2.45) is 5.73 Å². The molecule has 1 aliphatic heterocycles. The van der Waals surface area contributed by atoms with Gasteiger partial charge in [0.15, 0.2) is 0 Å². The highest BCUT2D eigenvalue weighted by Crippen LogP contribution is 2.14. The lowest BCUT2D eigenvalue weighted by Crippen LogP contribution is -2.45. The Morgan fingerprint density at radius 1 is 1.50 bits per heavy atom. The molecule has 5 nitrogen and oxygen atoms in total. The Kier molecular flexibility index (Phi) is 3.81. The summed E-state index contributed by atoms with van der Waals surface area (Å²) in [7, 11) is 3.85. The highest BCUT2D eigenvalue weighted by molar-refractivity contribution is 5.94. The number of pyridine rings is 1. The SMILES string of the molecule is CN(C)c1ccc(C(=O)N2CCCC(N)C2)cn1. The van der Waals surface area contributed by atoms with Gasteiger partial charge in [0.1, 0.15) is 5.82 Å². The average Bonchev–Trinajstić information content (AvgIpc) is 2.38. The van der Waals surface area contributed by atoms with Gasteiger partial charge in [-0.1, -0.05) is 0 Å². The monoisotopic (exact) mass is 248 g/mol. The molecule has 0 aliphatic carbocycles. The summed E-state index contributed by atoms with van der Waals surface area (Å²) in [4.78, 5) is 20.2. The van der Waals surface area contributed by atoms with E-state index in [1.807, 2.05) is 36.0 Å². The molecule has 0 saturated carbocycles. The van der Waals surface area contributed by atoms with Gasteiger partial charge in [-0.2, -0.15) is 0 Å². The minimum absolute atomic E-state index is 0.0305. The Morgan fingerprint density at radius 3 is 2.83 bits per heavy atom. The van der Waals surface area contributed by atoms with Crippen molar-refractivity contribution in [3.63, 3.8) is 0 Å². The minimum Gasteiger partial charge on any atom is -0.363 e. The van der Waals surface area contributed by atoms with Crippen LogP contribution >= 0.6 is 0 Å². The molecule has 18 heavy (non-hydrogen) atoms. The van der Waals surface area contributed by atoms with Crippen molar-refractivity contribution in [3.8, 4) is 0 Å². The lowest BCUT2D eigenvalue weighted by atomic mass is 10.1. The maximum absolute atomic E-state index is 12.2. The van der Waals surface area contributed by atoms with E-state index >= 15 is 0 Å². The Morgan fingerprint density at radius 2 is 2.28 bits per heavy atom. The van der Waals surface area contributed by atoms with Gasteiger partial charge in [0.25, 0.3) is 5.91 Å². The molecule has 1 unspecified atom stereocenters. The molecule has 0 radical (unpaired) electrons. The molecule has 1 aromatic rings. The van der Waals surface area contributed by atoms with Crippen LogP contribution < -0.4 is 10.6 Å². The zero-order chi connectivity index (χ0) is 13.1. The fourth-order valence-corrected chi connectivity index (χ4v) is 2.15. The van der Waals surface area contributed by atoms with Crippen LogP contribution in [0.15, 0.2) is 18.3 Å². The fraction of sp³-hybridized carbons (Fsp3) is 0.538. The van der Waals surface area contributed by atoms with Crippen LogP contribution in [-0.2, 0) is 0 Å². The van der Waals surface area contributed by atoms with Gasteiger partial charge in [-0.05, 0) is 25.0 Å². The van der Waals surface area contributed by atoms with Gasteiger partial charge >= 0.3 is 0 Å². The van der Waals surface area contributed by atoms with E-state index in [1.165, 1.54) is 0 Å². The summed E-state index contributed by atoms with van der Waals surface area (Å²) in [5.74, 6) is 0.879. The molecule has 1 saturated heterocycles. The van der Waals surface area contributed by atoms with Crippen molar-refractivity contribution in [1.82, 2.24) is 9.88 Å². The lowest BCUT2D eigenvalue weighted by Gasteiger charge is -2.30. The Balaban J connectivity index is 2.08. The maximum atomic E-state index is 12.2. The summed E-state index contributed by atoms with van der Waals surface area (Å²) >= 11 is 0. The van der Waals surface area contributed by atoms with Crippen molar-refractivity contribution in [1.29, 1.82) is 0 Å². The first kappa shape index (κ1) is 12.8. The number of hydrogen-bond acceptors (Lipinski definition) is 4. The summed E-state index contributed by atoms with van der Waals surface area (Å²) in [5, 5.41) is 0. The van der Waals surface area contributed by atoms with E-state index in [2.05, 4.69) is 4.98 Å². The third kappa shape index (κ3) is 2.79. The van der Waals surface area contributed by atoms with Gasteiger partial charge in [-0.25, -0.2) is 4.98 Å². The molecule has 1 fully saturated rings. The number of likely N-dealkylation sites (tertiary alicyclic amines) is 1. The smallest absolute Gasteiger partial charge is 0.255 e. The number of anilines is 1. The Labute approximate surface area is 108 Å². The predicted molar refractivity (Wildman–Crippen MR) is 71.7 cm³/mol. The predicted octanol–water partition coefficient (Wildman–Crippen LogP) is 0.711. The molecule has 2 rings (SSSR count). The number of rotatable bonds is 2. The molecule has 0 aromatic carbocycles. The van der Waals surface area contributed by atoms with Gasteiger partial charge in [0.2, 0.25) is 0 Å². The number of hydrogen-bond donors (Lipinski definition) is 1. The van der Waals surface area contributed by atoms with Crippen LogP contribution in [0.3, 0.4) is 0 Å². The molecular formula is C13H20N4O. The molecule has 1 atom stereocenters. The second kappa shape index (κ2) is 5.35. The second-order valence-electron chi connectivity index (χ2n) is 4.95. The zero-order valence-electron chi connectivity index (χ0n) is 11.0. The van der Waals surface area contributed by atoms with Gasteiger partial charge in [0.05, 0.1) is 5.56 Å². The highest BCUT2D eigenvalue weighted by Gasteiger charge is 2.22. The van der Waals surface area contributed by atoms with Crippen LogP contribution in [0, 0.1) is 0 Å². The van der Waals surface area contributed by atoms with Crippen LogP contribution in [0.2, 0.25) is 0 Å². The number of carbonyl (C=O) groups excluding carboxylic acids is 1. The normalized spacial score (nSPS) is 19.7. The number of nitrogens with zero attached hydrogens (tertiary/aromatic N) is 3. The summed E-state index contributed by atoms with van der Waals surface area (Å²) in [6.45, 7) is 1.44. The number of piperidine rings is 1. The van der Waals surface area contributed by atoms with Crippen molar-refractivity contribution in [2.75, 3.05) is 32.1 Å². The molecule has 5 heteroatoms. The molecule has 98 valence electrons. The topological polar surface area (TPSA) is 62.5 Å². The maximum Gasteiger partial charge on any atom is 0.255 e. The number of nitrogens with two attached hydrogens (primary N) is 1. The first-order valence-corrected chi connectivity index (χ1v) is 6.26. The minimum atomic E-state index is 0.0305. The third-order valence-electron chi connectivity index (χ3n) is 3.20. The van der Waals surface area contributed by atoms with Gasteiger partial charge in [-0.15, -0.1) is 0 Å². The second-order valence-corrected chi connectivity index (χ2v) is 4.95. The first-order valence-electron chi connectivity index (χ1n) is 6.26. The Bertz CT molecular complexity index is 416. The molecule has 2 N–H and O–H groups in total. The molecular weight excluding hydrogens is 228 g/mol. The average molecular weight is 248 g/mol. The highest BCUT2D eigenvalue weighted by atomic mass is 16.2. The van der Waals surface area contributed by atoms with E-state index in [4.69, 9.17) is 5.73 Å². The molecule has 1 aromatic heterocycles. The molecule has 0 bridgehead atoms. The molecule has 2 heterocycles. The standard InChI is InChI=1S/C13H20N4O/c1-16(2)12-6-5-10(8-15-12)13(18)17-7-3-4-11(14)9-17/h5-6,8,11H,3-4,7,9,14H2,1-2H3. The van der Waals surface area contributed by atoms with E-state index in [-0.39, 0.29) is 11.9 Å². The molecule has 1 amide bonds. The third-order valence-corrected chi connectivity index (χ3v) is 3.20. The molecule has 1 aliphatic rings. The fourth-order valence-electron chi connectivity index (χ4n) is 2.15. The number of carbonyl (C=O) groups is 1. The summed E-state index contributed by atoms with van der Waals surface area (Å²) in [6.07, 6.45) is 3.62. The van der Waals surface area contributed by atoms with Crippen molar-refractivity contribution >= 4 is 11.7 Å². The van der Waals surface area contributed by atoms with Crippen molar-refractivity contribution in [3.05, 3.63) is 23.9 Å². The summed E-state index contributed by atoms with van der Waals surface area (Å²) in [6, 6.07) is 3.79. The van der Waals surface area contributed by atoms with Crippen molar-refractivity contribution < 1.29 is 4.79 Å². The van der Waals surface area contributed by atoms with Crippen LogP contribution in [-0.4, -0.2) is 49.0 Å². The van der Waals surface area contributed by atoms with Crippen LogP contribution in [0.4, 0.5) is 5.82 Å². The van der Waals surface area contributed by atoms with Crippen LogP contribution in [0.5, 0.6) is 0 Å². The molecule has 0 spiro atoms. The zero-order valence-corrected chi connectivity index (χ0v) is 11.0. The quantitative estimate of drug-likeness (QED) is 0.837. The number of aromatic nitrogens is 1. The largest absolute Gasteiger partial charge is 0.363 e.